The second kappa shape index (κ2) is 10.2. The maximum Gasteiger partial charge on any atom is 0.316 e. The summed E-state index contributed by atoms with van der Waals surface area (Å²) in [6.45, 7) is 2.73. The van der Waals surface area contributed by atoms with Gasteiger partial charge >= 0.3 is 6.01 Å². The van der Waals surface area contributed by atoms with Gasteiger partial charge in [0.05, 0.1) is 50.0 Å². The smallest absolute Gasteiger partial charge is 0.316 e. The number of benzene rings is 1. The van der Waals surface area contributed by atoms with Gasteiger partial charge in [-0.05, 0) is 50.5 Å². The van der Waals surface area contributed by atoms with Crippen LogP contribution in [0.3, 0.4) is 0 Å². The van der Waals surface area contributed by atoms with E-state index in [1.165, 1.54) is 6.20 Å². The van der Waals surface area contributed by atoms with Crippen molar-refractivity contribution < 1.29 is 18.9 Å². The number of anilines is 1. The molecule has 10 nitrogen and oxygen atoms in total. The second-order valence-corrected chi connectivity index (χ2v) is 10.3. The van der Waals surface area contributed by atoms with Gasteiger partial charge in [-0.1, -0.05) is 0 Å². The van der Waals surface area contributed by atoms with Crippen molar-refractivity contribution in [2.45, 2.75) is 56.8 Å². The van der Waals surface area contributed by atoms with Crippen molar-refractivity contribution in [3.8, 4) is 17.5 Å². The van der Waals surface area contributed by atoms with Crippen molar-refractivity contribution in [1.29, 1.82) is 0 Å². The number of ether oxygens (including phenoxy) is 4. The molecule has 0 N–H and O–H groups in total. The quantitative estimate of drug-likeness (QED) is 0.498. The number of nitrogens with zero attached hydrogens (tertiary/aromatic N) is 5. The van der Waals surface area contributed by atoms with Gasteiger partial charge < -0.3 is 28.4 Å². The third kappa shape index (κ3) is 5.07. The fourth-order valence-electron chi connectivity index (χ4n) is 5.69. The zero-order chi connectivity index (χ0) is 25.4. The van der Waals surface area contributed by atoms with Crippen LogP contribution in [0, 0.1) is 5.92 Å². The maximum atomic E-state index is 12.4. The second-order valence-electron chi connectivity index (χ2n) is 10.3. The lowest BCUT2D eigenvalue weighted by Gasteiger charge is -2.31. The first kappa shape index (κ1) is 24.0. The van der Waals surface area contributed by atoms with Gasteiger partial charge in [0, 0.05) is 31.9 Å². The van der Waals surface area contributed by atoms with Crippen molar-refractivity contribution in [3.63, 3.8) is 0 Å². The molecule has 4 heterocycles. The largest absolute Gasteiger partial charge is 0.494 e. The van der Waals surface area contributed by atoms with Gasteiger partial charge in [-0.25, -0.2) is 4.98 Å². The predicted octanol–water partition coefficient (Wildman–Crippen LogP) is 3.12. The van der Waals surface area contributed by atoms with Crippen molar-refractivity contribution in [2.24, 2.45) is 13.0 Å². The first-order valence-corrected chi connectivity index (χ1v) is 13.1. The lowest BCUT2D eigenvalue weighted by Crippen LogP contribution is -2.33. The molecule has 3 fully saturated rings. The molecule has 0 spiro atoms. The molecule has 2 bridgehead atoms. The molecule has 2 unspecified atom stereocenters. The van der Waals surface area contributed by atoms with E-state index >= 15 is 0 Å². The van der Waals surface area contributed by atoms with E-state index in [2.05, 4.69) is 32.0 Å². The van der Waals surface area contributed by atoms with Crippen LogP contribution in [0.5, 0.6) is 17.5 Å². The van der Waals surface area contributed by atoms with E-state index < -0.39 is 0 Å². The number of methoxy groups -OCH3 is 1. The molecule has 1 saturated carbocycles. The van der Waals surface area contributed by atoms with Crippen LogP contribution in [0.15, 0.2) is 35.5 Å². The van der Waals surface area contributed by atoms with Crippen LogP contribution in [-0.2, 0) is 11.8 Å². The Labute approximate surface area is 215 Å². The van der Waals surface area contributed by atoms with Gasteiger partial charge in [0.2, 0.25) is 0 Å². The van der Waals surface area contributed by atoms with Crippen LogP contribution in [0.1, 0.15) is 38.5 Å². The zero-order valence-corrected chi connectivity index (χ0v) is 21.3. The highest BCUT2D eigenvalue weighted by atomic mass is 16.5. The van der Waals surface area contributed by atoms with Crippen molar-refractivity contribution in [1.82, 2.24) is 19.5 Å². The van der Waals surface area contributed by atoms with Gasteiger partial charge in [-0.3, -0.25) is 4.79 Å². The third-order valence-electron chi connectivity index (χ3n) is 7.81. The normalized spacial score (nSPS) is 25.6. The molecule has 3 aliphatic rings. The maximum absolute atomic E-state index is 12.4. The Morgan fingerprint density at radius 3 is 2.49 bits per heavy atom. The number of hydrogen-bond donors (Lipinski definition) is 0. The molecule has 3 aromatic rings. The van der Waals surface area contributed by atoms with Crippen LogP contribution in [0.25, 0.3) is 11.0 Å². The zero-order valence-electron chi connectivity index (χ0n) is 21.3. The molecule has 37 heavy (non-hydrogen) atoms. The lowest BCUT2D eigenvalue weighted by molar-refractivity contribution is 0.0755. The summed E-state index contributed by atoms with van der Waals surface area (Å²) < 4.78 is 25.3. The number of fused-ring (bicyclic) bond motifs is 3. The van der Waals surface area contributed by atoms with Gasteiger partial charge in [0.15, 0.2) is 5.75 Å². The van der Waals surface area contributed by atoms with Crippen molar-refractivity contribution in [2.75, 3.05) is 31.7 Å². The Morgan fingerprint density at radius 2 is 1.73 bits per heavy atom. The minimum absolute atomic E-state index is 0.0221. The topological polar surface area (TPSA) is 101 Å². The van der Waals surface area contributed by atoms with Crippen LogP contribution in [0.4, 0.5) is 5.69 Å². The van der Waals surface area contributed by atoms with Crippen LogP contribution in [0.2, 0.25) is 0 Å². The van der Waals surface area contributed by atoms with Crippen molar-refractivity contribution in [3.05, 3.63) is 41.1 Å². The molecule has 6 rings (SSSR count). The molecular formula is C27H33N5O5. The third-order valence-corrected chi connectivity index (χ3v) is 7.81. The van der Waals surface area contributed by atoms with Crippen LogP contribution >= 0.6 is 0 Å². The van der Waals surface area contributed by atoms with Gasteiger partial charge in [0.25, 0.3) is 5.56 Å². The molecule has 196 valence electrons. The Hall–Kier alpha value is -3.40. The van der Waals surface area contributed by atoms with E-state index in [0.29, 0.717) is 23.4 Å². The average Bonchev–Trinajstić information content (AvgIpc) is 3.25. The van der Waals surface area contributed by atoms with Gasteiger partial charge in [0.1, 0.15) is 17.4 Å². The van der Waals surface area contributed by atoms with E-state index in [9.17, 15) is 4.79 Å². The van der Waals surface area contributed by atoms with E-state index in [4.69, 9.17) is 18.9 Å². The number of rotatable bonds is 6. The molecule has 2 aromatic heterocycles. The Balaban J connectivity index is 1.19. The van der Waals surface area contributed by atoms with E-state index in [1.54, 1.807) is 31.1 Å². The fraction of sp³-hybridized carbons (Fsp3) is 0.556. The average molecular weight is 508 g/mol. The van der Waals surface area contributed by atoms with Crippen LogP contribution in [-0.4, -0.2) is 64.6 Å². The summed E-state index contributed by atoms with van der Waals surface area (Å²) in [5.41, 5.74) is 2.41. The highest BCUT2D eigenvalue weighted by molar-refractivity contribution is 5.86. The number of hydrogen-bond acceptors (Lipinski definition) is 9. The summed E-state index contributed by atoms with van der Waals surface area (Å²) in [6.07, 6.45) is 10.5. The summed E-state index contributed by atoms with van der Waals surface area (Å²) >= 11 is 0. The summed E-state index contributed by atoms with van der Waals surface area (Å²) in [4.78, 5) is 27.7. The first-order valence-electron chi connectivity index (χ1n) is 13.1. The fourth-order valence-corrected chi connectivity index (χ4v) is 5.69. The summed E-state index contributed by atoms with van der Waals surface area (Å²) in [6, 6.07) is 4.51. The summed E-state index contributed by atoms with van der Waals surface area (Å²) in [7, 11) is 3.36. The lowest BCUT2D eigenvalue weighted by atomic mass is 9.95. The van der Waals surface area contributed by atoms with E-state index in [1.807, 2.05) is 0 Å². The number of aryl methyl sites for hydroxylation is 1. The minimum Gasteiger partial charge on any atom is -0.494 e. The highest BCUT2D eigenvalue weighted by Gasteiger charge is 2.32. The molecular weight excluding hydrogens is 474 g/mol. The minimum atomic E-state index is -0.151. The summed E-state index contributed by atoms with van der Waals surface area (Å²) in [5, 5.41) is 0. The van der Waals surface area contributed by atoms with E-state index in [0.717, 1.165) is 74.9 Å². The number of aromatic nitrogens is 4. The van der Waals surface area contributed by atoms with Crippen molar-refractivity contribution >= 4 is 16.7 Å². The standard InChI is InChI=1S/C27H33N5O5/c1-31-25(33)14-28-23-10-18(32-8-7-17-9-21(15-32)35-16-17)11-24(26(23)31)36-19-3-5-20(6-4-19)37-27-29-12-22(34-2)13-30-27/h10-14,17,19-21H,3-9,15-16H2,1-2H3/t17?,19-,20+,21?. The highest BCUT2D eigenvalue weighted by Crippen LogP contribution is 2.36. The van der Waals surface area contributed by atoms with Gasteiger partial charge in [-0.2, -0.15) is 9.97 Å². The first-order chi connectivity index (χ1) is 18.1. The molecule has 2 atom stereocenters. The summed E-state index contributed by atoms with van der Waals surface area (Å²) in [5.74, 6) is 1.95. The molecule has 1 aromatic carbocycles. The molecule has 0 amide bonds. The van der Waals surface area contributed by atoms with Crippen LogP contribution < -0.4 is 24.7 Å². The molecule has 1 aliphatic carbocycles. The predicted molar refractivity (Wildman–Crippen MR) is 138 cm³/mol. The SMILES string of the molecule is COc1cnc(O[C@H]2CC[C@@H](Oc3cc(N4CCC5COC(C5)C4)cc4ncc(=O)n(C)c34)CC2)nc1. The molecule has 2 aliphatic heterocycles. The van der Waals surface area contributed by atoms with E-state index in [-0.39, 0.29) is 23.9 Å². The Morgan fingerprint density at radius 1 is 0.973 bits per heavy atom. The Bertz CT molecular complexity index is 1310. The Kier molecular flexibility index (Phi) is 6.58. The monoisotopic (exact) mass is 507 g/mol. The molecule has 2 saturated heterocycles. The molecule has 10 heteroatoms. The van der Waals surface area contributed by atoms with Gasteiger partial charge in [-0.15, -0.1) is 0 Å². The molecule has 0 radical (unpaired) electrons.